The van der Waals surface area contributed by atoms with Gasteiger partial charge in [0, 0.05) is 26.2 Å². The quantitative estimate of drug-likeness (QED) is 0.111. The first kappa shape index (κ1) is 36.9. The van der Waals surface area contributed by atoms with Crippen LogP contribution in [-0.2, 0) is 19.9 Å². The van der Waals surface area contributed by atoms with Crippen molar-refractivity contribution in [1.29, 1.82) is 0 Å². The number of amides is 3. The third kappa shape index (κ3) is 9.47. The van der Waals surface area contributed by atoms with Gasteiger partial charge in [-0.3, -0.25) is 24.7 Å². The van der Waals surface area contributed by atoms with Gasteiger partial charge in [0.25, 0.3) is 0 Å². The first-order valence-corrected chi connectivity index (χ1v) is 14.0. The van der Waals surface area contributed by atoms with E-state index >= 15 is 0 Å². The molecule has 0 aliphatic heterocycles. The highest BCUT2D eigenvalue weighted by atomic mass is 19.4. The SMILES string of the molecule is O=C(NCCCN(CCCN(NC(=O)C(F)(F)F)C(=O)C(F)(F)F)C(c1ccccc1)(c1ccccc1)c1ccccc1)C(F)(F)F. The lowest BCUT2D eigenvalue weighted by Gasteiger charge is -2.46. The van der Waals surface area contributed by atoms with Crippen molar-refractivity contribution in [2.75, 3.05) is 26.2 Å². The van der Waals surface area contributed by atoms with E-state index in [1.165, 1.54) is 0 Å². The summed E-state index contributed by atoms with van der Waals surface area (Å²) in [6.07, 6.45) is -16.9. The van der Waals surface area contributed by atoms with Crippen molar-refractivity contribution in [3.63, 3.8) is 0 Å². The summed E-state index contributed by atoms with van der Waals surface area (Å²) in [5.74, 6) is -7.71. The summed E-state index contributed by atoms with van der Waals surface area (Å²) in [6.45, 7) is -1.83. The molecule has 0 unspecified atom stereocenters. The molecule has 0 spiro atoms. The predicted molar refractivity (Wildman–Crippen MR) is 151 cm³/mol. The summed E-state index contributed by atoms with van der Waals surface area (Å²) in [5.41, 5.74) is 1.54. The Balaban J connectivity index is 2.08. The van der Waals surface area contributed by atoms with Crippen molar-refractivity contribution < 1.29 is 53.9 Å². The number of hydrazine groups is 1. The highest BCUT2D eigenvalue weighted by Crippen LogP contribution is 2.42. The van der Waals surface area contributed by atoms with Crippen LogP contribution < -0.4 is 10.7 Å². The number of rotatable bonds is 12. The topological polar surface area (TPSA) is 81.8 Å². The molecule has 0 heterocycles. The maximum Gasteiger partial charge on any atom is 0.473 e. The van der Waals surface area contributed by atoms with Crippen LogP contribution in [0.4, 0.5) is 39.5 Å². The Morgan fingerprint density at radius 3 is 1.32 bits per heavy atom. The van der Waals surface area contributed by atoms with Crippen LogP contribution in [0.25, 0.3) is 0 Å². The summed E-state index contributed by atoms with van der Waals surface area (Å²) >= 11 is 0. The predicted octanol–water partition coefficient (Wildman–Crippen LogP) is 5.72. The van der Waals surface area contributed by atoms with Gasteiger partial charge in [0.2, 0.25) is 0 Å². The summed E-state index contributed by atoms with van der Waals surface area (Å²) in [4.78, 5) is 36.6. The van der Waals surface area contributed by atoms with Crippen molar-refractivity contribution in [2.24, 2.45) is 0 Å². The molecule has 3 aromatic carbocycles. The van der Waals surface area contributed by atoms with Crippen molar-refractivity contribution in [2.45, 2.75) is 36.9 Å². The molecule has 0 saturated carbocycles. The highest BCUT2D eigenvalue weighted by Gasteiger charge is 2.47. The summed E-state index contributed by atoms with van der Waals surface area (Å²) in [6, 6.07) is 26.0. The molecule has 0 radical (unpaired) electrons. The summed E-state index contributed by atoms with van der Waals surface area (Å²) in [5, 5.41) is 1.30. The minimum absolute atomic E-state index is 0.0983. The molecule has 0 aliphatic rings. The maximum atomic E-state index is 13.3. The van der Waals surface area contributed by atoms with Crippen LogP contribution in [0.5, 0.6) is 0 Å². The van der Waals surface area contributed by atoms with E-state index < -0.39 is 66.3 Å². The van der Waals surface area contributed by atoms with Gasteiger partial charge in [-0.15, -0.1) is 0 Å². The minimum atomic E-state index is -5.63. The van der Waals surface area contributed by atoms with Gasteiger partial charge >= 0.3 is 36.3 Å². The first-order valence-electron chi connectivity index (χ1n) is 14.0. The lowest BCUT2D eigenvalue weighted by Crippen LogP contribution is -2.55. The van der Waals surface area contributed by atoms with Gasteiger partial charge in [0.1, 0.15) is 0 Å². The normalized spacial score (nSPS) is 12.5. The van der Waals surface area contributed by atoms with Crippen LogP contribution in [0.15, 0.2) is 91.0 Å². The third-order valence-corrected chi connectivity index (χ3v) is 6.99. The highest BCUT2D eigenvalue weighted by molar-refractivity contribution is 5.87. The van der Waals surface area contributed by atoms with Crippen LogP contribution in [0.1, 0.15) is 29.5 Å². The number of nitrogens with one attached hydrogen (secondary N) is 2. The fourth-order valence-corrected chi connectivity index (χ4v) is 5.07. The Morgan fingerprint density at radius 1 is 0.532 bits per heavy atom. The monoisotopic (exact) mass is 676 g/mol. The molecular weight excluding hydrogens is 647 g/mol. The first-order chi connectivity index (χ1) is 22.0. The molecule has 47 heavy (non-hydrogen) atoms. The van der Waals surface area contributed by atoms with Crippen molar-refractivity contribution >= 4 is 17.7 Å². The van der Waals surface area contributed by atoms with Crippen LogP contribution in [-0.4, -0.2) is 72.3 Å². The molecule has 3 amide bonds. The van der Waals surface area contributed by atoms with E-state index in [1.54, 1.807) is 101 Å². The van der Waals surface area contributed by atoms with Crippen molar-refractivity contribution in [3.8, 4) is 0 Å². The zero-order valence-electron chi connectivity index (χ0n) is 24.4. The number of halogens is 9. The van der Waals surface area contributed by atoms with Gasteiger partial charge in [-0.1, -0.05) is 91.0 Å². The average Bonchev–Trinajstić information content (AvgIpc) is 3.02. The second kappa shape index (κ2) is 15.3. The number of carbonyl (C=O) groups is 3. The van der Waals surface area contributed by atoms with E-state index in [2.05, 4.69) is 0 Å². The molecule has 0 aromatic heterocycles. The number of hydrogen-bond donors (Lipinski definition) is 2. The molecule has 16 heteroatoms. The molecule has 0 saturated heterocycles. The van der Waals surface area contributed by atoms with Crippen LogP contribution in [0.3, 0.4) is 0 Å². The Bertz CT molecular complexity index is 1370. The van der Waals surface area contributed by atoms with Gasteiger partial charge in [-0.2, -0.15) is 39.5 Å². The smallest absolute Gasteiger partial charge is 0.348 e. The van der Waals surface area contributed by atoms with Crippen molar-refractivity contribution in [3.05, 3.63) is 108 Å². The van der Waals surface area contributed by atoms with Crippen LogP contribution >= 0.6 is 0 Å². The zero-order chi connectivity index (χ0) is 34.9. The van der Waals surface area contributed by atoms with E-state index in [4.69, 9.17) is 0 Å². The largest absolute Gasteiger partial charge is 0.473 e. The molecule has 3 aromatic rings. The molecule has 0 atom stereocenters. The second-order valence-electron chi connectivity index (χ2n) is 10.1. The Morgan fingerprint density at radius 2 is 0.936 bits per heavy atom. The lowest BCUT2D eigenvalue weighted by molar-refractivity contribution is -0.196. The van der Waals surface area contributed by atoms with E-state index in [0.29, 0.717) is 16.7 Å². The molecule has 254 valence electrons. The zero-order valence-corrected chi connectivity index (χ0v) is 24.4. The lowest BCUT2D eigenvalue weighted by atomic mass is 9.75. The Labute approximate surface area is 263 Å². The van der Waals surface area contributed by atoms with E-state index in [1.807, 2.05) is 0 Å². The molecular formula is C31H29F9N4O3. The Kier molecular flexibility index (Phi) is 12.0. The fourth-order valence-electron chi connectivity index (χ4n) is 5.07. The van der Waals surface area contributed by atoms with Gasteiger partial charge in [0.15, 0.2) is 0 Å². The molecule has 0 aliphatic carbocycles. The minimum Gasteiger partial charge on any atom is -0.348 e. The average molecular weight is 677 g/mol. The fraction of sp³-hybridized carbons (Fsp3) is 0.323. The molecule has 2 N–H and O–H groups in total. The standard InChI is InChI=1S/C31H29F9N4O3/c32-29(33,34)25(45)41-18-10-19-43(20-11-21-44(27(47)31(38,39)40)42-26(46)30(35,36)37)28(22-12-4-1-5-13-22,23-14-6-2-7-15-23)24-16-8-3-9-17-24/h1-9,12-17H,10-11,18-21H2,(H,41,45)(H,42,46). The number of benzene rings is 3. The third-order valence-electron chi connectivity index (χ3n) is 6.99. The van der Waals surface area contributed by atoms with Gasteiger partial charge in [-0.05, 0) is 29.5 Å². The van der Waals surface area contributed by atoms with Gasteiger partial charge in [-0.25, -0.2) is 5.01 Å². The van der Waals surface area contributed by atoms with E-state index in [9.17, 15) is 53.9 Å². The molecule has 0 bridgehead atoms. The van der Waals surface area contributed by atoms with E-state index in [0.717, 1.165) is 5.43 Å². The van der Waals surface area contributed by atoms with Crippen LogP contribution in [0.2, 0.25) is 0 Å². The number of alkyl halides is 9. The summed E-state index contributed by atoms with van der Waals surface area (Å²) in [7, 11) is 0. The Hall–Kier alpha value is -4.60. The van der Waals surface area contributed by atoms with Gasteiger partial charge in [0.05, 0.1) is 5.54 Å². The van der Waals surface area contributed by atoms with E-state index in [-0.39, 0.29) is 19.5 Å². The maximum absolute atomic E-state index is 13.3. The molecule has 0 fully saturated rings. The number of carbonyl (C=O) groups excluding carboxylic acids is 3. The number of hydrogen-bond acceptors (Lipinski definition) is 4. The summed E-state index contributed by atoms with van der Waals surface area (Å²) < 4.78 is 117. The molecule has 3 rings (SSSR count). The van der Waals surface area contributed by atoms with Crippen LogP contribution in [0, 0.1) is 0 Å². The molecule has 7 nitrogen and oxygen atoms in total. The van der Waals surface area contributed by atoms with Crippen molar-refractivity contribution in [1.82, 2.24) is 20.7 Å². The second-order valence-corrected chi connectivity index (χ2v) is 10.1. The number of nitrogens with zero attached hydrogens (tertiary/aromatic N) is 2. The van der Waals surface area contributed by atoms with Gasteiger partial charge < -0.3 is 5.32 Å².